The summed E-state index contributed by atoms with van der Waals surface area (Å²) in [4.78, 5) is 30.2. The fraction of sp³-hybridized carbons (Fsp3) is 0.174. The normalized spacial score (nSPS) is 15.3. The van der Waals surface area contributed by atoms with Crippen LogP contribution in [0.1, 0.15) is 28.3 Å². The molecule has 1 aliphatic rings. The highest BCUT2D eigenvalue weighted by Gasteiger charge is 2.38. The molecule has 7 nitrogen and oxygen atoms in total. The van der Waals surface area contributed by atoms with Crippen LogP contribution in [0.15, 0.2) is 77.2 Å². The van der Waals surface area contributed by atoms with Gasteiger partial charge in [-0.15, -0.1) is 0 Å². The van der Waals surface area contributed by atoms with Gasteiger partial charge in [0.2, 0.25) is 5.88 Å². The van der Waals surface area contributed by atoms with Gasteiger partial charge in [-0.2, -0.15) is 0 Å². The second kappa shape index (κ2) is 7.87. The molecule has 0 saturated carbocycles. The molecule has 0 aliphatic carbocycles. The van der Waals surface area contributed by atoms with E-state index in [1.54, 1.807) is 35.2 Å². The quantitative estimate of drug-likeness (QED) is 0.673. The molecule has 0 bridgehead atoms. The van der Waals surface area contributed by atoms with Crippen molar-refractivity contribution in [3.8, 4) is 5.75 Å². The van der Waals surface area contributed by atoms with Gasteiger partial charge in [-0.1, -0.05) is 30.3 Å². The van der Waals surface area contributed by atoms with Gasteiger partial charge in [0, 0.05) is 24.2 Å². The molecular formula is C23H21N3O4. The standard InChI is InChI=1S/C23H21N3O4/c1-14-12-17-19(22(27)26(14)13-15-6-4-3-5-7-15)18(16-8-10-25-11-9-16)20(21(24)30-17)23(28)29-2/h3-12,18H,13,24H2,1-2H3. The number of nitrogens with two attached hydrogens (primary N) is 1. The van der Waals surface area contributed by atoms with Gasteiger partial charge >= 0.3 is 5.97 Å². The summed E-state index contributed by atoms with van der Waals surface area (Å²) in [5, 5.41) is 0. The molecule has 1 unspecified atom stereocenters. The molecule has 7 heteroatoms. The van der Waals surface area contributed by atoms with Crippen molar-refractivity contribution in [2.75, 3.05) is 7.11 Å². The fourth-order valence-electron chi connectivity index (χ4n) is 3.75. The third kappa shape index (κ3) is 3.34. The topological polar surface area (TPSA) is 96.4 Å². The van der Waals surface area contributed by atoms with Gasteiger partial charge in [0.15, 0.2) is 0 Å². The van der Waals surface area contributed by atoms with Crippen LogP contribution in [0.4, 0.5) is 0 Å². The SMILES string of the molecule is COC(=O)C1=C(N)Oc2cc(C)n(Cc3ccccc3)c(=O)c2C1c1ccncc1. The van der Waals surface area contributed by atoms with Crippen LogP contribution in [0.3, 0.4) is 0 Å². The fourth-order valence-corrected chi connectivity index (χ4v) is 3.75. The predicted molar refractivity (Wildman–Crippen MR) is 111 cm³/mol. The zero-order valence-corrected chi connectivity index (χ0v) is 16.7. The Bertz CT molecular complexity index is 1180. The third-order valence-electron chi connectivity index (χ3n) is 5.20. The van der Waals surface area contributed by atoms with Gasteiger partial charge in [0.05, 0.1) is 25.1 Å². The van der Waals surface area contributed by atoms with E-state index in [9.17, 15) is 9.59 Å². The minimum atomic E-state index is -0.723. The molecule has 3 heterocycles. The number of carbonyl (C=O) groups is 1. The van der Waals surface area contributed by atoms with Gasteiger partial charge in [-0.3, -0.25) is 9.78 Å². The number of nitrogens with zero attached hydrogens (tertiary/aromatic N) is 2. The van der Waals surface area contributed by atoms with Crippen molar-refractivity contribution in [2.45, 2.75) is 19.4 Å². The molecular weight excluding hydrogens is 382 g/mol. The summed E-state index contributed by atoms with van der Waals surface area (Å²) in [5.41, 5.74) is 8.71. The molecule has 4 rings (SSSR count). The van der Waals surface area contributed by atoms with Crippen LogP contribution in [0.5, 0.6) is 5.75 Å². The molecule has 2 aromatic heterocycles. The summed E-state index contributed by atoms with van der Waals surface area (Å²) in [5.74, 6) is -1.10. The average Bonchev–Trinajstić information content (AvgIpc) is 2.76. The van der Waals surface area contributed by atoms with E-state index >= 15 is 0 Å². The summed E-state index contributed by atoms with van der Waals surface area (Å²) >= 11 is 0. The number of esters is 1. The maximum atomic E-state index is 13.6. The molecule has 2 N–H and O–H groups in total. The molecule has 0 radical (unpaired) electrons. The Morgan fingerprint density at radius 3 is 2.57 bits per heavy atom. The lowest BCUT2D eigenvalue weighted by Crippen LogP contribution is -2.35. The van der Waals surface area contributed by atoms with E-state index in [0.29, 0.717) is 23.4 Å². The van der Waals surface area contributed by atoms with Crippen molar-refractivity contribution >= 4 is 5.97 Å². The lowest BCUT2D eigenvalue weighted by molar-refractivity contribution is -0.136. The van der Waals surface area contributed by atoms with Gasteiger partial charge in [-0.25, -0.2) is 4.79 Å². The van der Waals surface area contributed by atoms with Crippen molar-refractivity contribution in [3.05, 3.63) is 105 Å². The van der Waals surface area contributed by atoms with Crippen LogP contribution >= 0.6 is 0 Å². The van der Waals surface area contributed by atoms with E-state index in [1.165, 1.54) is 7.11 Å². The van der Waals surface area contributed by atoms with Crippen molar-refractivity contribution in [1.29, 1.82) is 0 Å². The second-order valence-corrected chi connectivity index (χ2v) is 7.03. The lowest BCUT2D eigenvalue weighted by atomic mass is 9.84. The molecule has 30 heavy (non-hydrogen) atoms. The highest BCUT2D eigenvalue weighted by molar-refractivity contribution is 5.92. The van der Waals surface area contributed by atoms with Crippen LogP contribution in [0.2, 0.25) is 0 Å². The number of methoxy groups -OCH3 is 1. The zero-order valence-electron chi connectivity index (χ0n) is 16.7. The molecule has 1 atom stereocenters. The lowest BCUT2D eigenvalue weighted by Gasteiger charge is -2.28. The molecule has 0 spiro atoms. The second-order valence-electron chi connectivity index (χ2n) is 7.03. The number of hydrogen-bond acceptors (Lipinski definition) is 6. The number of benzene rings is 1. The average molecular weight is 403 g/mol. The summed E-state index contributed by atoms with van der Waals surface area (Å²) in [6.45, 7) is 2.24. The summed E-state index contributed by atoms with van der Waals surface area (Å²) in [6.07, 6.45) is 3.21. The van der Waals surface area contributed by atoms with E-state index < -0.39 is 11.9 Å². The molecule has 3 aromatic rings. The Morgan fingerprint density at radius 2 is 1.90 bits per heavy atom. The minimum Gasteiger partial charge on any atom is -0.465 e. The molecule has 0 amide bonds. The maximum Gasteiger partial charge on any atom is 0.340 e. The number of carbonyl (C=O) groups excluding carboxylic acids is 1. The Balaban J connectivity index is 1.94. The largest absolute Gasteiger partial charge is 0.465 e. The summed E-state index contributed by atoms with van der Waals surface area (Å²) in [7, 11) is 1.27. The van der Waals surface area contributed by atoms with Crippen molar-refractivity contribution in [3.63, 3.8) is 0 Å². The van der Waals surface area contributed by atoms with E-state index in [-0.39, 0.29) is 17.0 Å². The Hall–Kier alpha value is -3.87. The Labute approximate surface area is 173 Å². The first-order valence-electron chi connectivity index (χ1n) is 9.45. The van der Waals surface area contributed by atoms with Gasteiger partial charge in [0.1, 0.15) is 11.3 Å². The first-order valence-corrected chi connectivity index (χ1v) is 9.45. The zero-order chi connectivity index (χ0) is 21.3. The summed E-state index contributed by atoms with van der Waals surface area (Å²) in [6, 6.07) is 15.0. The molecule has 0 fully saturated rings. The van der Waals surface area contributed by atoms with Gasteiger partial charge in [-0.05, 0) is 30.2 Å². The molecule has 1 aromatic carbocycles. The number of rotatable bonds is 4. The first kappa shape index (κ1) is 19.4. The molecule has 0 saturated heterocycles. The monoisotopic (exact) mass is 403 g/mol. The number of aryl methyl sites for hydroxylation is 1. The van der Waals surface area contributed by atoms with Crippen molar-refractivity contribution in [2.24, 2.45) is 5.73 Å². The van der Waals surface area contributed by atoms with E-state index in [4.69, 9.17) is 15.2 Å². The summed E-state index contributed by atoms with van der Waals surface area (Å²) < 4.78 is 12.3. The smallest absolute Gasteiger partial charge is 0.340 e. The maximum absolute atomic E-state index is 13.6. The van der Waals surface area contributed by atoms with Crippen LogP contribution in [-0.4, -0.2) is 22.6 Å². The number of hydrogen-bond donors (Lipinski definition) is 1. The number of fused-ring (bicyclic) bond motifs is 1. The number of ether oxygens (including phenoxy) is 2. The Kier molecular flexibility index (Phi) is 5.10. The van der Waals surface area contributed by atoms with Crippen molar-refractivity contribution < 1.29 is 14.3 Å². The van der Waals surface area contributed by atoms with E-state index in [1.807, 2.05) is 37.3 Å². The van der Waals surface area contributed by atoms with Gasteiger partial charge < -0.3 is 19.8 Å². The van der Waals surface area contributed by atoms with Gasteiger partial charge in [0.25, 0.3) is 5.56 Å². The number of pyridine rings is 2. The molecule has 152 valence electrons. The predicted octanol–water partition coefficient (Wildman–Crippen LogP) is 2.47. The van der Waals surface area contributed by atoms with Crippen LogP contribution < -0.4 is 16.0 Å². The first-order chi connectivity index (χ1) is 14.5. The van der Waals surface area contributed by atoms with Crippen molar-refractivity contribution in [1.82, 2.24) is 9.55 Å². The van der Waals surface area contributed by atoms with E-state index in [0.717, 1.165) is 11.3 Å². The van der Waals surface area contributed by atoms with Crippen LogP contribution in [0.25, 0.3) is 0 Å². The van der Waals surface area contributed by atoms with E-state index in [2.05, 4.69) is 4.98 Å². The highest BCUT2D eigenvalue weighted by Crippen LogP contribution is 2.41. The molecule has 1 aliphatic heterocycles. The van der Waals surface area contributed by atoms with Crippen LogP contribution in [-0.2, 0) is 16.1 Å². The highest BCUT2D eigenvalue weighted by atomic mass is 16.5. The minimum absolute atomic E-state index is 0.0734. The number of aromatic nitrogens is 2. The third-order valence-corrected chi connectivity index (χ3v) is 5.20. The Morgan fingerprint density at radius 1 is 1.20 bits per heavy atom. The van der Waals surface area contributed by atoms with Crippen LogP contribution in [0, 0.1) is 6.92 Å².